The van der Waals surface area contributed by atoms with Gasteiger partial charge in [-0.05, 0) is 32.0 Å². The van der Waals surface area contributed by atoms with Gasteiger partial charge >= 0.3 is 0 Å². The number of aryl methyl sites for hydroxylation is 1. The van der Waals surface area contributed by atoms with Gasteiger partial charge in [0.1, 0.15) is 5.60 Å². The average Bonchev–Trinajstić information content (AvgIpc) is 3.01. The lowest BCUT2D eigenvalue weighted by molar-refractivity contribution is 0.0739. The SMILES string of the molecule is Cn1cncc1-c1ccnc(C(=O)Nc2ccc(C(C)(C)O)nc2)n1. The summed E-state index contributed by atoms with van der Waals surface area (Å²) in [4.78, 5) is 28.9. The van der Waals surface area contributed by atoms with E-state index in [0.717, 1.165) is 5.69 Å². The first-order valence-corrected chi connectivity index (χ1v) is 7.64. The number of aliphatic hydroxyl groups is 1. The van der Waals surface area contributed by atoms with Gasteiger partial charge in [0.25, 0.3) is 5.91 Å². The van der Waals surface area contributed by atoms with Crippen LogP contribution in [-0.4, -0.2) is 35.5 Å². The number of hydrogen-bond donors (Lipinski definition) is 2. The Bertz CT molecular complexity index is 896. The van der Waals surface area contributed by atoms with Crippen molar-refractivity contribution in [2.45, 2.75) is 19.4 Å². The molecule has 3 aromatic heterocycles. The van der Waals surface area contributed by atoms with Gasteiger partial charge in [0, 0.05) is 13.2 Å². The summed E-state index contributed by atoms with van der Waals surface area (Å²) in [5.41, 5.74) is 1.36. The van der Waals surface area contributed by atoms with E-state index in [2.05, 4.69) is 25.3 Å². The number of nitrogens with one attached hydrogen (secondary N) is 1. The zero-order valence-electron chi connectivity index (χ0n) is 14.1. The number of nitrogens with zero attached hydrogens (tertiary/aromatic N) is 5. The fraction of sp³-hybridized carbons (Fsp3) is 0.235. The Kier molecular flexibility index (Phi) is 4.28. The standard InChI is InChI=1S/C17H18N6O2/c1-17(2,25)14-5-4-11(8-20-14)21-16(24)15-19-7-6-12(22-15)13-9-18-10-23(13)3/h4-10,25H,1-3H3,(H,21,24). The van der Waals surface area contributed by atoms with Crippen molar-refractivity contribution in [3.05, 3.63) is 54.6 Å². The molecule has 0 aliphatic carbocycles. The summed E-state index contributed by atoms with van der Waals surface area (Å²) in [6.07, 6.45) is 6.34. The molecule has 128 valence electrons. The fourth-order valence-corrected chi connectivity index (χ4v) is 2.23. The smallest absolute Gasteiger partial charge is 0.293 e. The van der Waals surface area contributed by atoms with Gasteiger partial charge in [-0.3, -0.25) is 9.78 Å². The maximum absolute atomic E-state index is 12.4. The molecule has 3 aromatic rings. The molecular formula is C17H18N6O2. The van der Waals surface area contributed by atoms with Gasteiger partial charge < -0.3 is 15.0 Å². The first-order chi connectivity index (χ1) is 11.8. The molecule has 0 unspecified atom stereocenters. The van der Waals surface area contributed by atoms with Crippen LogP contribution in [0.5, 0.6) is 0 Å². The quantitative estimate of drug-likeness (QED) is 0.751. The van der Waals surface area contributed by atoms with Crippen molar-refractivity contribution in [3.8, 4) is 11.4 Å². The van der Waals surface area contributed by atoms with E-state index in [4.69, 9.17) is 0 Å². The molecule has 8 nitrogen and oxygen atoms in total. The number of carbonyl (C=O) groups is 1. The molecule has 1 amide bonds. The zero-order chi connectivity index (χ0) is 18.0. The van der Waals surface area contributed by atoms with Crippen molar-refractivity contribution in [1.29, 1.82) is 0 Å². The second-order valence-electron chi connectivity index (χ2n) is 6.10. The maximum Gasteiger partial charge on any atom is 0.293 e. The third-order valence-electron chi connectivity index (χ3n) is 3.59. The Hall–Kier alpha value is -3.13. The minimum absolute atomic E-state index is 0.0465. The van der Waals surface area contributed by atoms with Crippen molar-refractivity contribution in [2.75, 3.05) is 5.32 Å². The topological polar surface area (TPSA) is 106 Å². The van der Waals surface area contributed by atoms with Crippen LogP contribution in [0.25, 0.3) is 11.4 Å². The maximum atomic E-state index is 12.4. The normalized spacial score (nSPS) is 11.4. The lowest BCUT2D eigenvalue weighted by atomic mass is 10.1. The second-order valence-corrected chi connectivity index (χ2v) is 6.10. The first kappa shape index (κ1) is 16.7. The molecule has 0 atom stereocenters. The van der Waals surface area contributed by atoms with Gasteiger partial charge in [0.05, 0.1) is 41.5 Å². The molecule has 0 aliphatic heterocycles. The summed E-state index contributed by atoms with van der Waals surface area (Å²) in [5.74, 6) is -0.396. The van der Waals surface area contributed by atoms with E-state index >= 15 is 0 Å². The van der Waals surface area contributed by atoms with Crippen LogP contribution in [0.2, 0.25) is 0 Å². The Morgan fingerprint density at radius 3 is 2.60 bits per heavy atom. The lowest BCUT2D eigenvalue weighted by Gasteiger charge is -2.16. The van der Waals surface area contributed by atoms with Gasteiger partial charge in [0.2, 0.25) is 5.82 Å². The minimum Gasteiger partial charge on any atom is -0.384 e. The molecule has 8 heteroatoms. The van der Waals surface area contributed by atoms with Crippen molar-refractivity contribution in [3.63, 3.8) is 0 Å². The molecule has 3 heterocycles. The van der Waals surface area contributed by atoms with E-state index in [1.165, 1.54) is 12.4 Å². The average molecular weight is 338 g/mol. The Morgan fingerprint density at radius 1 is 1.20 bits per heavy atom. The number of imidazole rings is 1. The monoisotopic (exact) mass is 338 g/mol. The van der Waals surface area contributed by atoms with E-state index in [9.17, 15) is 9.90 Å². The summed E-state index contributed by atoms with van der Waals surface area (Å²) in [7, 11) is 1.85. The first-order valence-electron chi connectivity index (χ1n) is 7.64. The van der Waals surface area contributed by atoms with Crippen LogP contribution in [0.3, 0.4) is 0 Å². The third-order valence-corrected chi connectivity index (χ3v) is 3.59. The zero-order valence-corrected chi connectivity index (χ0v) is 14.1. The van der Waals surface area contributed by atoms with Crippen LogP contribution in [0.1, 0.15) is 30.2 Å². The molecule has 0 radical (unpaired) electrons. The van der Waals surface area contributed by atoms with Gasteiger partial charge in [-0.25, -0.2) is 15.0 Å². The Morgan fingerprint density at radius 2 is 2.00 bits per heavy atom. The summed E-state index contributed by atoms with van der Waals surface area (Å²) in [6, 6.07) is 5.04. The predicted octanol–water partition coefficient (Wildman–Crippen LogP) is 1.75. The fourth-order valence-electron chi connectivity index (χ4n) is 2.23. The van der Waals surface area contributed by atoms with Crippen LogP contribution >= 0.6 is 0 Å². The molecule has 2 N–H and O–H groups in total. The lowest BCUT2D eigenvalue weighted by Crippen LogP contribution is -2.19. The second kappa shape index (κ2) is 6.40. The Balaban J connectivity index is 1.79. The number of hydrogen-bond acceptors (Lipinski definition) is 6. The molecule has 0 saturated carbocycles. The van der Waals surface area contributed by atoms with Crippen LogP contribution in [-0.2, 0) is 12.6 Å². The van der Waals surface area contributed by atoms with E-state index < -0.39 is 11.5 Å². The highest BCUT2D eigenvalue weighted by atomic mass is 16.3. The molecule has 0 spiro atoms. The number of rotatable bonds is 4. The molecule has 0 aliphatic rings. The van der Waals surface area contributed by atoms with Crippen molar-refractivity contribution in [1.82, 2.24) is 24.5 Å². The summed E-state index contributed by atoms with van der Waals surface area (Å²) in [6.45, 7) is 3.29. The highest BCUT2D eigenvalue weighted by Crippen LogP contribution is 2.19. The van der Waals surface area contributed by atoms with Crippen molar-refractivity contribution in [2.24, 2.45) is 7.05 Å². The molecule has 3 rings (SSSR count). The van der Waals surface area contributed by atoms with Crippen LogP contribution in [0.15, 0.2) is 43.1 Å². The summed E-state index contributed by atoms with van der Waals surface area (Å²) < 4.78 is 1.81. The highest BCUT2D eigenvalue weighted by molar-refractivity contribution is 6.01. The van der Waals surface area contributed by atoms with Gasteiger partial charge in [-0.1, -0.05) is 0 Å². The molecule has 25 heavy (non-hydrogen) atoms. The number of pyridine rings is 1. The van der Waals surface area contributed by atoms with E-state index in [0.29, 0.717) is 17.1 Å². The summed E-state index contributed by atoms with van der Waals surface area (Å²) >= 11 is 0. The van der Waals surface area contributed by atoms with Crippen LogP contribution < -0.4 is 5.32 Å². The van der Waals surface area contributed by atoms with Crippen molar-refractivity contribution >= 4 is 11.6 Å². The largest absolute Gasteiger partial charge is 0.384 e. The third kappa shape index (κ3) is 3.69. The van der Waals surface area contributed by atoms with Gasteiger partial charge in [0.15, 0.2) is 0 Å². The number of carbonyl (C=O) groups excluding carboxylic acids is 1. The van der Waals surface area contributed by atoms with Gasteiger partial charge in [-0.2, -0.15) is 0 Å². The van der Waals surface area contributed by atoms with E-state index in [-0.39, 0.29) is 5.82 Å². The van der Waals surface area contributed by atoms with Crippen molar-refractivity contribution < 1.29 is 9.90 Å². The summed E-state index contributed by atoms with van der Waals surface area (Å²) in [5, 5.41) is 12.6. The number of amides is 1. The van der Waals surface area contributed by atoms with Gasteiger partial charge in [-0.15, -0.1) is 0 Å². The van der Waals surface area contributed by atoms with Crippen LogP contribution in [0, 0.1) is 0 Å². The highest BCUT2D eigenvalue weighted by Gasteiger charge is 2.18. The molecule has 0 fully saturated rings. The van der Waals surface area contributed by atoms with Crippen LogP contribution in [0.4, 0.5) is 5.69 Å². The Labute approximate surface area is 144 Å². The minimum atomic E-state index is -1.04. The molecule has 0 aromatic carbocycles. The molecule has 0 bridgehead atoms. The number of anilines is 1. The number of aromatic nitrogens is 5. The predicted molar refractivity (Wildman–Crippen MR) is 91.7 cm³/mol. The molecular weight excluding hydrogens is 320 g/mol. The van der Waals surface area contributed by atoms with E-state index in [1.807, 2.05) is 11.6 Å². The van der Waals surface area contributed by atoms with E-state index in [1.54, 1.807) is 44.6 Å². The molecule has 0 saturated heterocycles.